The first-order chi connectivity index (χ1) is 12.5. The van der Waals surface area contributed by atoms with Crippen LogP contribution in [0.3, 0.4) is 0 Å². The van der Waals surface area contributed by atoms with Crippen LogP contribution < -0.4 is 0 Å². The van der Waals surface area contributed by atoms with Crippen LogP contribution in [0.15, 0.2) is 29.5 Å². The lowest BCUT2D eigenvalue weighted by Gasteiger charge is -2.29. The van der Waals surface area contributed by atoms with Crippen LogP contribution in [0.4, 0.5) is 0 Å². The minimum absolute atomic E-state index is 0.277. The van der Waals surface area contributed by atoms with Gasteiger partial charge in [0.05, 0.1) is 0 Å². The zero-order valence-corrected chi connectivity index (χ0v) is 16.2. The summed E-state index contributed by atoms with van der Waals surface area (Å²) in [6.07, 6.45) is 6.66. The van der Waals surface area contributed by atoms with Crippen molar-refractivity contribution in [3.05, 3.63) is 30.1 Å². The molecule has 140 valence electrons. The fourth-order valence-corrected chi connectivity index (χ4v) is 5.18. The number of pyridine rings is 1. The van der Waals surface area contributed by atoms with Gasteiger partial charge in [-0.25, -0.2) is 0 Å². The number of carbonyl (C=O) groups is 1. The summed E-state index contributed by atoms with van der Waals surface area (Å²) < 4.78 is 0. The SMILES string of the molecule is CCC1=N[C@]2(CC[C@H]3CN(Cc4cccnc4)C[C@H]32)C(=O)N1CC(C)C. The predicted molar refractivity (Wildman–Crippen MR) is 103 cm³/mol. The Morgan fingerprint density at radius 2 is 2.19 bits per heavy atom. The molecule has 5 nitrogen and oxygen atoms in total. The van der Waals surface area contributed by atoms with E-state index < -0.39 is 5.54 Å². The minimum Gasteiger partial charge on any atom is -0.298 e. The first-order valence-corrected chi connectivity index (χ1v) is 10.1. The number of carbonyl (C=O) groups excluding carboxylic acids is 1. The molecule has 1 aromatic rings. The Kier molecular flexibility index (Phi) is 4.59. The molecule has 1 spiro atoms. The average molecular weight is 354 g/mol. The Bertz CT molecular complexity index is 701. The largest absolute Gasteiger partial charge is 0.298 e. The molecule has 5 heteroatoms. The van der Waals surface area contributed by atoms with Crippen molar-refractivity contribution < 1.29 is 4.79 Å². The fourth-order valence-electron chi connectivity index (χ4n) is 5.18. The van der Waals surface area contributed by atoms with Crippen LogP contribution in [0, 0.1) is 17.8 Å². The van der Waals surface area contributed by atoms with Gasteiger partial charge in [-0.05, 0) is 36.3 Å². The molecular formula is C21H30N4O. The quantitative estimate of drug-likeness (QED) is 0.817. The molecule has 2 fully saturated rings. The second-order valence-electron chi connectivity index (χ2n) is 8.58. The summed E-state index contributed by atoms with van der Waals surface area (Å²) in [5, 5.41) is 0. The Balaban J connectivity index is 1.53. The summed E-state index contributed by atoms with van der Waals surface area (Å²) >= 11 is 0. The van der Waals surface area contributed by atoms with Crippen LogP contribution >= 0.6 is 0 Å². The Morgan fingerprint density at radius 3 is 2.88 bits per heavy atom. The molecule has 1 saturated heterocycles. The predicted octanol–water partition coefficient (Wildman–Crippen LogP) is 2.97. The van der Waals surface area contributed by atoms with E-state index in [9.17, 15) is 4.79 Å². The van der Waals surface area contributed by atoms with Gasteiger partial charge in [-0.1, -0.05) is 26.8 Å². The normalized spacial score (nSPS) is 31.3. The van der Waals surface area contributed by atoms with Crippen molar-refractivity contribution in [1.82, 2.24) is 14.8 Å². The molecule has 1 aromatic heterocycles. The third kappa shape index (κ3) is 2.86. The molecule has 0 N–H and O–H groups in total. The van der Waals surface area contributed by atoms with Crippen LogP contribution in [0.5, 0.6) is 0 Å². The van der Waals surface area contributed by atoms with Crippen LogP contribution in [0.1, 0.15) is 45.6 Å². The Hall–Kier alpha value is -1.75. The molecule has 1 saturated carbocycles. The van der Waals surface area contributed by atoms with E-state index in [4.69, 9.17) is 4.99 Å². The van der Waals surface area contributed by atoms with Gasteiger partial charge >= 0.3 is 0 Å². The average Bonchev–Trinajstić information content (AvgIpc) is 3.25. The van der Waals surface area contributed by atoms with Gasteiger partial charge < -0.3 is 0 Å². The van der Waals surface area contributed by atoms with E-state index in [-0.39, 0.29) is 5.91 Å². The zero-order valence-electron chi connectivity index (χ0n) is 16.2. The van der Waals surface area contributed by atoms with Gasteiger partial charge in [0.25, 0.3) is 5.91 Å². The smallest absolute Gasteiger partial charge is 0.256 e. The number of amidine groups is 1. The van der Waals surface area contributed by atoms with E-state index in [1.54, 1.807) is 0 Å². The minimum atomic E-state index is -0.478. The summed E-state index contributed by atoms with van der Waals surface area (Å²) in [4.78, 5) is 27.2. The summed E-state index contributed by atoms with van der Waals surface area (Å²) in [6, 6.07) is 4.13. The highest BCUT2D eigenvalue weighted by atomic mass is 16.2. The molecule has 1 amide bonds. The summed E-state index contributed by atoms with van der Waals surface area (Å²) in [5.74, 6) is 2.71. The summed E-state index contributed by atoms with van der Waals surface area (Å²) in [5.41, 5.74) is 0.771. The standard InChI is InChI=1S/C21H30N4O/c1-4-19-23-21(20(26)25(19)11-15(2)3)8-7-17-13-24(14-18(17)21)12-16-6-5-9-22-10-16/h5-6,9-10,15,17-18H,4,7-8,11-14H2,1-3H3/t17-,18+,21-/m0/s1. The topological polar surface area (TPSA) is 48.8 Å². The van der Waals surface area contributed by atoms with Crippen molar-refractivity contribution in [2.45, 2.75) is 52.1 Å². The zero-order chi connectivity index (χ0) is 18.3. The van der Waals surface area contributed by atoms with Gasteiger partial charge in [-0.15, -0.1) is 0 Å². The molecule has 3 atom stereocenters. The van der Waals surface area contributed by atoms with Crippen molar-refractivity contribution in [2.24, 2.45) is 22.7 Å². The highest BCUT2D eigenvalue weighted by Crippen LogP contribution is 2.50. The molecule has 26 heavy (non-hydrogen) atoms. The number of aliphatic imine (C=N–C) groups is 1. The van der Waals surface area contributed by atoms with Crippen LogP contribution in [-0.2, 0) is 11.3 Å². The summed E-state index contributed by atoms with van der Waals surface area (Å²) in [7, 11) is 0. The number of nitrogens with zero attached hydrogens (tertiary/aromatic N) is 4. The Labute approximate surface area is 156 Å². The van der Waals surface area contributed by atoms with E-state index in [2.05, 4.69) is 36.7 Å². The van der Waals surface area contributed by atoms with Gasteiger partial charge in [-0.3, -0.25) is 24.6 Å². The van der Waals surface area contributed by atoms with E-state index in [1.165, 1.54) is 5.56 Å². The number of hydrogen-bond acceptors (Lipinski definition) is 4. The van der Waals surface area contributed by atoms with E-state index >= 15 is 0 Å². The fraction of sp³-hybridized carbons (Fsp3) is 0.667. The number of fused-ring (bicyclic) bond motifs is 2. The lowest BCUT2D eigenvalue weighted by atomic mass is 9.85. The molecule has 3 aliphatic rings. The first-order valence-electron chi connectivity index (χ1n) is 10.1. The highest BCUT2D eigenvalue weighted by Gasteiger charge is 2.60. The maximum absolute atomic E-state index is 13.4. The molecule has 1 aliphatic carbocycles. The van der Waals surface area contributed by atoms with Crippen molar-refractivity contribution in [2.75, 3.05) is 19.6 Å². The molecular weight excluding hydrogens is 324 g/mol. The van der Waals surface area contributed by atoms with Gasteiger partial charge in [-0.2, -0.15) is 0 Å². The highest BCUT2D eigenvalue weighted by molar-refractivity contribution is 6.08. The van der Waals surface area contributed by atoms with E-state index in [1.807, 2.05) is 23.4 Å². The number of likely N-dealkylation sites (tertiary alicyclic amines) is 1. The van der Waals surface area contributed by atoms with Gasteiger partial charge in [0.1, 0.15) is 11.4 Å². The van der Waals surface area contributed by atoms with Crippen molar-refractivity contribution in [1.29, 1.82) is 0 Å². The van der Waals surface area contributed by atoms with E-state index in [0.717, 1.165) is 51.3 Å². The van der Waals surface area contributed by atoms with Crippen molar-refractivity contribution in [3.63, 3.8) is 0 Å². The second-order valence-corrected chi connectivity index (χ2v) is 8.58. The van der Waals surface area contributed by atoms with Gasteiger partial charge in [0.2, 0.25) is 0 Å². The second kappa shape index (κ2) is 6.76. The Morgan fingerprint density at radius 1 is 1.35 bits per heavy atom. The summed E-state index contributed by atoms with van der Waals surface area (Å²) in [6.45, 7) is 10.2. The number of rotatable bonds is 5. The molecule has 0 bridgehead atoms. The van der Waals surface area contributed by atoms with Crippen LogP contribution in [0.25, 0.3) is 0 Å². The maximum Gasteiger partial charge on any atom is 0.256 e. The molecule has 4 rings (SSSR count). The molecule has 2 aliphatic heterocycles. The maximum atomic E-state index is 13.4. The van der Waals surface area contributed by atoms with Gasteiger partial charge in [0.15, 0.2) is 0 Å². The number of hydrogen-bond donors (Lipinski definition) is 0. The molecule has 0 radical (unpaired) electrons. The monoisotopic (exact) mass is 354 g/mol. The van der Waals surface area contributed by atoms with Crippen molar-refractivity contribution >= 4 is 11.7 Å². The number of aromatic nitrogens is 1. The molecule has 3 heterocycles. The van der Waals surface area contributed by atoms with Crippen LogP contribution in [0.2, 0.25) is 0 Å². The van der Waals surface area contributed by atoms with Crippen LogP contribution in [-0.4, -0.2) is 51.7 Å². The van der Waals surface area contributed by atoms with Crippen molar-refractivity contribution in [3.8, 4) is 0 Å². The molecule has 0 unspecified atom stereocenters. The van der Waals surface area contributed by atoms with E-state index in [0.29, 0.717) is 17.8 Å². The third-order valence-electron chi connectivity index (χ3n) is 6.27. The van der Waals surface area contributed by atoms with Gasteiger partial charge in [0, 0.05) is 50.9 Å². The molecule has 0 aromatic carbocycles. The lowest BCUT2D eigenvalue weighted by Crippen LogP contribution is -2.47. The lowest BCUT2D eigenvalue weighted by molar-refractivity contribution is -0.132. The number of amides is 1. The first kappa shape index (κ1) is 17.7. The third-order valence-corrected chi connectivity index (χ3v) is 6.27.